The maximum Gasteiger partial charge on any atom is 0.236 e. The summed E-state index contributed by atoms with van der Waals surface area (Å²) in [4.78, 5) is 13.7. The monoisotopic (exact) mass is 245 g/mol. The number of amides is 1. The summed E-state index contributed by atoms with van der Waals surface area (Å²) in [5, 5.41) is 2.86. The van der Waals surface area contributed by atoms with Gasteiger partial charge in [0.15, 0.2) is 0 Å². The second kappa shape index (κ2) is 10.5. The first-order valence-corrected chi connectivity index (χ1v) is 6.25. The summed E-state index contributed by atoms with van der Waals surface area (Å²) in [5.74, 6) is -0.0500. The summed E-state index contributed by atoms with van der Waals surface area (Å²) in [7, 11) is 5.74. The third-order valence-corrected chi connectivity index (χ3v) is 2.53. The minimum Gasteiger partial charge on any atom is -0.385 e. The molecule has 5 nitrogen and oxygen atoms in total. The second-order valence-corrected chi connectivity index (χ2v) is 4.54. The highest BCUT2D eigenvalue weighted by Crippen LogP contribution is 1.95. The van der Waals surface area contributed by atoms with Gasteiger partial charge in [-0.05, 0) is 46.3 Å². The molecule has 0 aliphatic carbocycles. The van der Waals surface area contributed by atoms with Crippen molar-refractivity contribution in [2.24, 2.45) is 5.73 Å². The summed E-state index contributed by atoms with van der Waals surface area (Å²) >= 11 is 0. The SMILES string of the molecule is COCCCC(N)C(=O)NCCCCN(C)C. The van der Waals surface area contributed by atoms with Crippen molar-refractivity contribution in [2.45, 2.75) is 31.7 Å². The first kappa shape index (κ1) is 16.4. The predicted molar refractivity (Wildman–Crippen MR) is 69.9 cm³/mol. The van der Waals surface area contributed by atoms with Crippen LogP contribution in [0.5, 0.6) is 0 Å². The Balaban J connectivity index is 3.44. The lowest BCUT2D eigenvalue weighted by atomic mass is 10.1. The highest BCUT2D eigenvalue weighted by molar-refractivity contribution is 5.81. The molecule has 1 unspecified atom stereocenters. The van der Waals surface area contributed by atoms with E-state index in [0.29, 0.717) is 19.6 Å². The van der Waals surface area contributed by atoms with Crippen LogP contribution in [0.4, 0.5) is 0 Å². The fourth-order valence-corrected chi connectivity index (χ4v) is 1.47. The van der Waals surface area contributed by atoms with Gasteiger partial charge in [0.25, 0.3) is 0 Å². The zero-order valence-electron chi connectivity index (χ0n) is 11.4. The maximum absolute atomic E-state index is 11.5. The number of hydrogen-bond donors (Lipinski definition) is 2. The summed E-state index contributed by atoms with van der Waals surface area (Å²) in [6.45, 7) is 2.42. The van der Waals surface area contributed by atoms with Gasteiger partial charge in [-0.1, -0.05) is 0 Å². The maximum atomic E-state index is 11.5. The molecule has 17 heavy (non-hydrogen) atoms. The van der Waals surface area contributed by atoms with Crippen molar-refractivity contribution in [3.63, 3.8) is 0 Å². The van der Waals surface area contributed by atoms with E-state index in [2.05, 4.69) is 10.2 Å². The average molecular weight is 245 g/mol. The number of nitrogens with zero attached hydrogens (tertiary/aromatic N) is 1. The van der Waals surface area contributed by atoms with E-state index in [0.717, 1.165) is 25.8 Å². The van der Waals surface area contributed by atoms with E-state index in [1.54, 1.807) is 7.11 Å². The number of methoxy groups -OCH3 is 1. The number of rotatable bonds is 10. The number of unbranched alkanes of at least 4 members (excludes halogenated alkanes) is 1. The fraction of sp³-hybridized carbons (Fsp3) is 0.917. The van der Waals surface area contributed by atoms with Gasteiger partial charge in [-0.3, -0.25) is 4.79 Å². The van der Waals surface area contributed by atoms with Crippen LogP contribution in [-0.4, -0.2) is 57.8 Å². The molecule has 0 fully saturated rings. The topological polar surface area (TPSA) is 67.6 Å². The number of nitrogens with two attached hydrogens (primary N) is 1. The van der Waals surface area contributed by atoms with Gasteiger partial charge in [-0.15, -0.1) is 0 Å². The molecule has 0 saturated heterocycles. The van der Waals surface area contributed by atoms with Gasteiger partial charge in [0.2, 0.25) is 5.91 Å². The summed E-state index contributed by atoms with van der Waals surface area (Å²) in [6, 6.07) is -0.404. The minimum atomic E-state index is -0.404. The Hall–Kier alpha value is -0.650. The van der Waals surface area contributed by atoms with Gasteiger partial charge in [0.05, 0.1) is 6.04 Å². The molecule has 0 aliphatic heterocycles. The van der Waals surface area contributed by atoms with Crippen LogP contribution in [0.1, 0.15) is 25.7 Å². The quantitative estimate of drug-likeness (QED) is 0.540. The van der Waals surface area contributed by atoms with Gasteiger partial charge >= 0.3 is 0 Å². The van der Waals surface area contributed by atoms with Crippen molar-refractivity contribution < 1.29 is 9.53 Å². The van der Waals surface area contributed by atoms with E-state index in [1.165, 1.54) is 0 Å². The van der Waals surface area contributed by atoms with Crippen LogP contribution in [0, 0.1) is 0 Å². The van der Waals surface area contributed by atoms with Crippen molar-refractivity contribution in [3.8, 4) is 0 Å². The molecule has 0 aromatic heterocycles. The molecule has 1 atom stereocenters. The van der Waals surface area contributed by atoms with E-state index in [4.69, 9.17) is 10.5 Å². The van der Waals surface area contributed by atoms with E-state index in [-0.39, 0.29) is 5.91 Å². The number of hydrogen-bond acceptors (Lipinski definition) is 4. The molecule has 0 aliphatic rings. The molecule has 102 valence electrons. The Bertz CT molecular complexity index is 198. The number of carbonyl (C=O) groups excluding carboxylic acids is 1. The minimum absolute atomic E-state index is 0.0500. The van der Waals surface area contributed by atoms with Crippen molar-refractivity contribution in [1.82, 2.24) is 10.2 Å². The fourth-order valence-electron chi connectivity index (χ4n) is 1.47. The molecule has 0 rings (SSSR count). The Morgan fingerprint density at radius 1 is 1.35 bits per heavy atom. The molecule has 5 heteroatoms. The van der Waals surface area contributed by atoms with Crippen LogP contribution in [0.2, 0.25) is 0 Å². The Kier molecular flexibility index (Phi) is 10.1. The Morgan fingerprint density at radius 3 is 2.65 bits per heavy atom. The molecular formula is C12H27N3O2. The third kappa shape index (κ3) is 10.2. The lowest BCUT2D eigenvalue weighted by Crippen LogP contribution is -2.41. The molecule has 0 saturated carbocycles. The summed E-state index contributed by atoms with van der Waals surface area (Å²) in [6.07, 6.45) is 3.59. The van der Waals surface area contributed by atoms with Crippen LogP contribution < -0.4 is 11.1 Å². The lowest BCUT2D eigenvalue weighted by molar-refractivity contribution is -0.122. The largest absolute Gasteiger partial charge is 0.385 e. The number of carbonyl (C=O) groups is 1. The molecular weight excluding hydrogens is 218 g/mol. The molecule has 0 heterocycles. The highest BCUT2D eigenvalue weighted by atomic mass is 16.5. The second-order valence-electron chi connectivity index (χ2n) is 4.54. The number of ether oxygens (including phenoxy) is 1. The molecule has 0 aromatic carbocycles. The zero-order valence-corrected chi connectivity index (χ0v) is 11.4. The molecule has 0 radical (unpaired) electrons. The Labute approximate surface area is 105 Å². The van der Waals surface area contributed by atoms with Gasteiger partial charge in [-0.2, -0.15) is 0 Å². The molecule has 1 amide bonds. The number of nitrogens with one attached hydrogen (secondary N) is 1. The third-order valence-electron chi connectivity index (χ3n) is 2.53. The standard InChI is InChI=1S/C12H27N3O2/c1-15(2)9-5-4-8-14-12(16)11(13)7-6-10-17-3/h11H,4-10,13H2,1-3H3,(H,14,16). The first-order valence-electron chi connectivity index (χ1n) is 6.25. The van der Waals surface area contributed by atoms with Crippen molar-refractivity contribution >= 4 is 5.91 Å². The van der Waals surface area contributed by atoms with Gasteiger partial charge in [0, 0.05) is 20.3 Å². The normalized spacial score (nSPS) is 12.8. The first-order chi connectivity index (χ1) is 8.07. The molecule has 3 N–H and O–H groups in total. The Morgan fingerprint density at radius 2 is 2.06 bits per heavy atom. The smallest absolute Gasteiger partial charge is 0.236 e. The van der Waals surface area contributed by atoms with Gasteiger partial charge in [0.1, 0.15) is 0 Å². The predicted octanol–water partition coefficient (Wildman–Crippen LogP) is 0.198. The lowest BCUT2D eigenvalue weighted by Gasteiger charge is -2.12. The highest BCUT2D eigenvalue weighted by Gasteiger charge is 2.11. The van der Waals surface area contributed by atoms with E-state index < -0.39 is 6.04 Å². The molecule has 0 spiro atoms. The van der Waals surface area contributed by atoms with Crippen molar-refractivity contribution in [1.29, 1.82) is 0 Å². The van der Waals surface area contributed by atoms with E-state index in [9.17, 15) is 4.79 Å². The summed E-state index contributed by atoms with van der Waals surface area (Å²) < 4.78 is 4.92. The van der Waals surface area contributed by atoms with Crippen LogP contribution >= 0.6 is 0 Å². The van der Waals surface area contributed by atoms with E-state index in [1.807, 2.05) is 14.1 Å². The van der Waals surface area contributed by atoms with Gasteiger partial charge < -0.3 is 20.7 Å². The van der Waals surface area contributed by atoms with Crippen LogP contribution in [0.3, 0.4) is 0 Å². The van der Waals surface area contributed by atoms with Gasteiger partial charge in [-0.25, -0.2) is 0 Å². The van der Waals surface area contributed by atoms with Crippen molar-refractivity contribution in [2.75, 3.05) is 40.9 Å². The zero-order chi connectivity index (χ0) is 13.1. The average Bonchev–Trinajstić information content (AvgIpc) is 2.28. The summed E-state index contributed by atoms with van der Waals surface area (Å²) in [5.41, 5.74) is 5.75. The van der Waals surface area contributed by atoms with Crippen LogP contribution in [0.25, 0.3) is 0 Å². The van der Waals surface area contributed by atoms with Crippen LogP contribution in [-0.2, 0) is 9.53 Å². The molecule has 0 bridgehead atoms. The van der Waals surface area contributed by atoms with E-state index >= 15 is 0 Å². The molecule has 0 aromatic rings. The van der Waals surface area contributed by atoms with Crippen LogP contribution in [0.15, 0.2) is 0 Å². The van der Waals surface area contributed by atoms with Crippen molar-refractivity contribution in [3.05, 3.63) is 0 Å².